The lowest BCUT2D eigenvalue weighted by Crippen LogP contribution is -2.05. The first-order chi connectivity index (χ1) is 9.20. The van der Waals surface area contributed by atoms with E-state index in [-0.39, 0.29) is 0 Å². The van der Waals surface area contributed by atoms with Gasteiger partial charge in [0.2, 0.25) is 0 Å². The number of para-hydroxylation sites is 1. The molecule has 0 fully saturated rings. The number of hydrogen-bond acceptors (Lipinski definition) is 4. The van der Waals surface area contributed by atoms with Crippen LogP contribution >= 0.6 is 11.6 Å². The molecule has 0 aliphatic rings. The quantitative estimate of drug-likeness (QED) is 0.623. The van der Waals surface area contributed by atoms with Gasteiger partial charge in [-0.05, 0) is 19.1 Å². The number of aryl methyl sites for hydroxylation is 1. The summed E-state index contributed by atoms with van der Waals surface area (Å²) in [6.07, 6.45) is 0. The van der Waals surface area contributed by atoms with Crippen LogP contribution in [0, 0.1) is 6.92 Å². The average molecular weight is 279 g/mol. The third-order valence-electron chi connectivity index (χ3n) is 2.51. The monoisotopic (exact) mass is 278 g/mol. The molecule has 1 aromatic carbocycles. The van der Waals surface area contributed by atoms with Crippen LogP contribution in [0.4, 0.5) is 0 Å². The summed E-state index contributed by atoms with van der Waals surface area (Å²) in [5.74, 6) is 1.39. The minimum atomic E-state index is 0.425. The minimum Gasteiger partial charge on any atom is -0.490 e. The van der Waals surface area contributed by atoms with Gasteiger partial charge in [0, 0.05) is 18.7 Å². The van der Waals surface area contributed by atoms with Gasteiger partial charge in [0.25, 0.3) is 0 Å². The predicted molar refractivity (Wildman–Crippen MR) is 74.6 cm³/mol. The van der Waals surface area contributed by atoms with Crippen molar-refractivity contribution in [2.45, 2.75) is 6.92 Å². The van der Waals surface area contributed by atoms with E-state index in [0.29, 0.717) is 24.2 Å². The maximum Gasteiger partial charge on any atom is 0.133 e. The number of aromatic nitrogens is 2. The Morgan fingerprint density at radius 3 is 2.68 bits per heavy atom. The second kappa shape index (κ2) is 6.50. The van der Waals surface area contributed by atoms with Gasteiger partial charge in [-0.2, -0.15) is 0 Å². The van der Waals surface area contributed by atoms with E-state index in [1.807, 2.05) is 31.2 Å². The normalized spacial score (nSPS) is 10.5. The summed E-state index contributed by atoms with van der Waals surface area (Å²) >= 11 is 5.97. The molecule has 0 aliphatic heterocycles. The molecule has 100 valence electrons. The second-order valence-corrected chi connectivity index (χ2v) is 4.35. The summed E-state index contributed by atoms with van der Waals surface area (Å²) in [4.78, 5) is 8.44. The third-order valence-corrected chi connectivity index (χ3v) is 2.71. The number of nitrogens with zero attached hydrogens (tertiary/aromatic N) is 2. The van der Waals surface area contributed by atoms with Crippen LogP contribution in [0.3, 0.4) is 0 Å². The molecular formula is C14H15ClN2O2. The van der Waals surface area contributed by atoms with E-state index in [1.165, 1.54) is 0 Å². The molecule has 0 saturated heterocycles. The van der Waals surface area contributed by atoms with Crippen molar-refractivity contribution in [3.8, 4) is 17.0 Å². The van der Waals surface area contributed by atoms with Crippen molar-refractivity contribution in [1.29, 1.82) is 0 Å². The van der Waals surface area contributed by atoms with Gasteiger partial charge in [0.1, 0.15) is 23.3 Å². The molecule has 0 spiro atoms. The third kappa shape index (κ3) is 3.66. The van der Waals surface area contributed by atoms with E-state index in [9.17, 15) is 0 Å². The average Bonchev–Trinajstić information content (AvgIpc) is 2.38. The first kappa shape index (κ1) is 13.8. The number of benzene rings is 1. The van der Waals surface area contributed by atoms with Gasteiger partial charge in [-0.3, -0.25) is 0 Å². The summed E-state index contributed by atoms with van der Waals surface area (Å²) in [7, 11) is 1.64. The zero-order valence-corrected chi connectivity index (χ0v) is 11.6. The summed E-state index contributed by atoms with van der Waals surface area (Å²) in [5.41, 5.74) is 1.65. The Morgan fingerprint density at radius 2 is 1.95 bits per heavy atom. The molecule has 0 bridgehead atoms. The van der Waals surface area contributed by atoms with E-state index in [4.69, 9.17) is 21.1 Å². The fraction of sp³-hybridized carbons (Fsp3) is 0.286. The van der Waals surface area contributed by atoms with E-state index < -0.39 is 0 Å². The molecule has 5 heteroatoms. The fourth-order valence-electron chi connectivity index (χ4n) is 1.71. The van der Waals surface area contributed by atoms with Gasteiger partial charge in [0.05, 0.1) is 12.3 Å². The summed E-state index contributed by atoms with van der Waals surface area (Å²) < 4.78 is 10.7. The smallest absolute Gasteiger partial charge is 0.133 e. The van der Waals surface area contributed by atoms with Gasteiger partial charge in [-0.25, -0.2) is 9.97 Å². The lowest BCUT2D eigenvalue weighted by Gasteiger charge is -2.11. The fourth-order valence-corrected chi connectivity index (χ4v) is 1.93. The Bertz CT molecular complexity index is 541. The highest BCUT2D eigenvalue weighted by atomic mass is 35.5. The standard InChI is InChI=1S/C14H15ClN2O2/c1-10-16-12(9-14(15)17-10)11-5-3-4-6-13(11)19-8-7-18-2/h3-6,9H,7-8H2,1-2H3. The van der Waals surface area contributed by atoms with Crippen molar-refractivity contribution in [1.82, 2.24) is 9.97 Å². The molecule has 2 aromatic rings. The van der Waals surface area contributed by atoms with Crippen LogP contribution in [0.5, 0.6) is 5.75 Å². The van der Waals surface area contributed by atoms with E-state index in [1.54, 1.807) is 13.2 Å². The highest BCUT2D eigenvalue weighted by molar-refractivity contribution is 6.29. The number of hydrogen-bond donors (Lipinski definition) is 0. The predicted octanol–water partition coefficient (Wildman–Crippen LogP) is 3.13. The first-order valence-electron chi connectivity index (χ1n) is 5.93. The molecule has 0 saturated carbocycles. The molecule has 4 nitrogen and oxygen atoms in total. The molecule has 19 heavy (non-hydrogen) atoms. The summed E-state index contributed by atoms with van der Waals surface area (Å²) in [5, 5.41) is 0.425. The number of methoxy groups -OCH3 is 1. The van der Waals surface area contributed by atoms with E-state index >= 15 is 0 Å². The van der Waals surface area contributed by atoms with Crippen molar-refractivity contribution in [3.05, 3.63) is 41.3 Å². The van der Waals surface area contributed by atoms with Crippen LogP contribution < -0.4 is 4.74 Å². The molecule has 0 amide bonds. The molecule has 0 aliphatic carbocycles. The SMILES string of the molecule is COCCOc1ccccc1-c1cc(Cl)nc(C)n1. The maximum absolute atomic E-state index is 5.97. The Kier molecular flexibility index (Phi) is 4.71. The topological polar surface area (TPSA) is 44.2 Å². The summed E-state index contributed by atoms with van der Waals surface area (Å²) in [6, 6.07) is 9.43. The Labute approximate surface area is 117 Å². The van der Waals surface area contributed by atoms with Crippen molar-refractivity contribution < 1.29 is 9.47 Å². The van der Waals surface area contributed by atoms with E-state index in [0.717, 1.165) is 17.0 Å². The molecule has 1 heterocycles. The van der Waals surface area contributed by atoms with Gasteiger partial charge in [-0.15, -0.1) is 0 Å². The maximum atomic E-state index is 5.97. The zero-order chi connectivity index (χ0) is 13.7. The van der Waals surface area contributed by atoms with Crippen LogP contribution in [0.25, 0.3) is 11.3 Å². The lowest BCUT2D eigenvalue weighted by atomic mass is 10.1. The van der Waals surface area contributed by atoms with Crippen LogP contribution in [-0.4, -0.2) is 30.3 Å². The Balaban J connectivity index is 2.32. The highest BCUT2D eigenvalue weighted by Crippen LogP contribution is 2.29. The number of halogens is 1. The number of rotatable bonds is 5. The zero-order valence-electron chi connectivity index (χ0n) is 10.9. The van der Waals surface area contributed by atoms with E-state index in [2.05, 4.69) is 9.97 Å². The number of ether oxygens (including phenoxy) is 2. The Morgan fingerprint density at radius 1 is 1.16 bits per heavy atom. The highest BCUT2D eigenvalue weighted by Gasteiger charge is 2.09. The van der Waals surface area contributed by atoms with Crippen LogP contribution in [0.2, 0.25) is 5.15 Å². The Hall–Kier alpha value is -1.65. The van der Waals surface area contributed by atoms with Gasteiger partial charge < -0.3 is 9.47 Å². The molecule has 0 unspecified atom stereocenters. The van der Waals surface area contributed by atoms with Gasteiger partial charge in [-0.1, -0.05) is 23.7 Å². The molecule has 1 aromatic heterocycles. The second-order valence-electron chi connectivity index (χ2n) is 3.96. The first-order valence-corrected chi connectivity index (χ1v) is 6.31. The minimum absolute atomic E-state index is 0.425. The van der Waals surface area contributed by atoms with Crippen molar-refractivity contribution >= 4 is 11.6 Å². The molecule has 0 atom stereocenters. The lowest BCUT2D eigenvalue weighted by molar-refractivity contribution is 0.146. The van der Waals surface area contributed by atoms with Crippen molar-refractivity contribution in [2.24, 2.45) is 0 Å². The van der Waals surface area contributed by atoms with Crippen molar-refractivity contribution in [2.75, 3.05) is 20.3 Å². The molecule has 0 radical (unpaired) electrons. The van der Waals surface area contributed by atoms with Gasteiger partial charge in [0.15, 0.2) is 0 Å². The van der Waals surface area contributed by atoms with Crippen LogP contribution in [-0.2, 0) is 4.74 Å². The molecule has 0 N–H and O–H groups in total. The van der Waals surface area contributed by atoms with Crippen LogP contribution in [0.1, 0.15) is 5.82 Å². The van der Waals surface area contributed by atoms with Crippen LogP contribution in [0.15, 0.2) is 30.3 Å². The molecular weight excluding hydrogens is 264 g/mol. The van der Waals surface area contributed by atoms with Gasteiger partial charge >= 0.3 is 0 Å². The van der Waals surface area contributed by atoms with Crippen molar-refractivity contribution in [3.63, 3.8) is 0 Å². The molecule has 2 rings (SSSR count). The largest absolute Gasteiger partial charge is 0.490 e. The summed E-state index contributed by atoms with van der Waals surface area (Å²) in [6.45, 7) is 2.84.